The molecule has 5 atom stereocenters. The van der Waals surface area contributed by atoms with E-state index in [1.165, 1.54) is 0 Å². The van der Waals surface area contributed by atoms with E-state index in [0.29, 0.717) is 12.0 Å². The SMILES string of the molecule is CCC(C)C(N)C(=O)NC(CC(C)C)C(=O)NC(CCC(N)=O)C(=O)NC(Cc1ccccc1)C(=O)O. The molecule has 0 aliphatic heterocycles. The van der Waals surface area contributed by atoms with Crippen LogP contribution >= 0.6 is 0 Å². The summed E-state index contributed by atoms with van der Waals surface area (Å²) in [6.45, 7) is 7.49. The highest BCUT2D eigenvalue weighted by atomic mass is 16.4. The van der Waals surface area contributed by atoms with Crippen LogP contribution in [-0.4, -0.2) is 58.9 Å². The van der Waals surface area contributed by atoms with Crippen molar-refractivity contribution in [1.29, 1.82) is 0 Å². The fourth-order valence-corrected chi connectivity index (χ4v) is 3.63. The average Bonchev–Trinajstić information content (AvgIpc) is 2.84. The highest BCUT2D eigenvalue weighted by molar-refractivity contribution is 5.94. The molecule has 0 aromatic heterocycles. The van der Waals surface area contributed by atoms with Crippen molar-refractivity contribution in [1.82, 2.24) is 16.0 Å². The lowest BCUT2D eigenvalue weighted by Gasteiger charge is -2.27. The lowest BCUT2D eigenvalue weighted by Crippen LogP contribution is -2.58. The molecule has 0 bridgehead atoms. The number of primary amides is 1. The molecule has 0 heterocycles. The quantitative estimate of drug-likeness (QED) is 0.182. The Kier molecular flexibility index (Phi) is 13.3. The minimum atomic E-state index is -1.26. The van der Waals surface area contributed by atoms with Gasteiger partial charge in [-0.2, -0.15) is 0 Å². The van der Waals surface area contributed by atoms with Crippen LogP contribution in [0.15, 0.2) is 30.3 Å². The Morgan fingerprint density at radius 3 is 1.92 bits per heavy atom. The predicted octanol–water partition coefficient (Wildman–Crippen LogP) is 0.453. The second-order valence-corrected chi connectivity index (χ2v) is 9.76. The van der Waals surface area contributed by atoms with Crippen LogP contribution in [0, 0.1) is 11.8 Å². The van der Waals surface area contributed by atoms with Crippen molar-refractivity contribution < 1.29 is 29.1 Å². The van der Waals surface area contributed by atoms with Crippen molar-refractivity contribution >= 4 is 29.6 Å². The highest BCUT2D eigenvalue weighted by Gasteiger charge is 2.31. The maximum absolute atomic E-state index is 13.2. The fraction of sp³-hybridized carbons (Fsp3) is 0.577. The minimum absolute atomic E-state index is 0.0241. The molecule has 11 nitrogen and oxygen atoms in total. The van der Waals surface area contributed by atoms with Crippen LogP contribution < -0.4 is 27.4 Å². The van der Waals surface area contributed by atoms with E-state index in [9.17, 15) is 29.1 Å². The van der Waals surface area contributed by atoms with E-state index >= 15 is 0 Å². The van der Waals surface area contributed by atoms with Crippen LogP contribution in [0.2, 0.25) is 0 Å². The highest BCUT2D eigenvalue weighted by Crippen LogP contribution is 2.10. The van der Waals surface area contributed by atoms with Crippen LogP contribution in [0.1, 0.15) is 58.9 Å². The van der Waals surface area contributed by atoms with Crippen molar-refractivity contribution in [3.8, 4) is 0 Å². The van der Waals surface area contributed by atoms with Crippen molar-refractivity contribution in [2.24, 2.45) is 23.3 Å². The van der Waals surface area contributed by atoms with Gasteiger partial charge in [0.1, 0.15) is 18.1 Å². The molecule has 0 aliphatic carbocycles. The Morgan fingerprint density at radius 1 is 0.865 bits per heavy atom. The van der Waals surface area contributed by atoms with E-state index < -0.39 is 53.8 Å². The molecule has 5 unspecified atom stereocenters. The summed E-state index contributed by atoms with van der Waals surface area (Å²) < 4.78 is 0. The number of benzene rings is 1. The summed E-state index contributed by atoms with van der Waals surface area (Å²) in [5.41, 5.74) is 12.0. The number of hydrogen-bond acceptors (Lipinski definition) is 6. The van der Waals surface area contributed by atoms with E-state index in [2.05, 4.69) is 16.0 Å². The van der Waals surface area contributed by atoms with Gasteiger partial charge in [0.25, 0.3) is 0 Å². The molecule has 0 saturated carbocycles. The molecule has 206 valence electrons. The molecule has 1 aromatic rings. The van der Waals surface area contributed by atoms with Gasteiger partial charge in [-0.3, -0.25) is 19.2 Å². The van der Waals surface area contributed by atoms with Gasteiger partial charge in [-0.25, -0.2) is 4.79 Å². The lowest BCUT2D eigenvalue weighted by molar-refractivity contribution is -0.142. The van der Waals surface area contributed by atoms with Gasteiger partial charge in [-0.1, -0.05) is 64.4 Å². The summed E-state index contributed by atoms with van der Waals surface area (Å²) in [5.74, 6) is -3.91. The summed E-state index contributed by atoms with van der Waals surface area (Å²) in [6, 6.07) is 4.46. The number of hydrogen-bond donors (Lipinski definition) is 6. The smallest absolute Gasteiger partial charge is 0.326 e. The van der Waals surface area contributed by atoms with E-state index in [1.54, 1.807) is 30.3 Å². The Hall–Kier alpha value is -3.47. The van der Waals surface area contributed by atoms with E-state index in [0.717, 1.165) is 0 Å². The van der Waals surface area contributed by atoms with E-state index in [4.69, 9.17) is 11.5 Å². The molecule has 0 saturated heterocycles. The Morgan fingerprint density at radius 2 is 1.41 bits per heavy atom. The van der Waals surface area contributed by atoms with Crippen LogP contribution in [-0.2, 0) is 30.4 Å². The number of carboxylic acid groups (broad SMARTS) is 1. The zero-order valence-electron chi connectivity index (χ0n) is 22.0. The molecule has 0 radical (unpaired) electrons. The fourth-order valence-electron chi connectivity index (χ4n) is 3.63. The first-order chi connectivity index (χ1) is 17.3. The van der Waals surface area contributed by atoms with Gasteiger partial charge < -0.3 is 32.5 Å². The lowest BCUT2D eigenvalue weighted by atomic mass is 9.97. The van der Waals surface area contributed by atoms with E-state index in [1.807, 2.05) is 27.7 Å². The number of aliphatic carboxylic acids is 1. The summed E-state index contributed by atoms with van der Waals surface area (Å²) in [7, 11) is 0. The van der Waals surface area contributed by atoms with Crippen LogP contribution in [0.5, 0.6) is 0 Å². The summed E-state index contributed by atoms with van der Waals surface area (Å²) in [4.78, 5) is 62.1. The molecule has 0 aliphatic rings. The summed E-state index contributed by atoms with van der Waals surface area (Å²) >= 11 is 0. The van der Waals surface area contributed by atoms with Gasteiger partial charge in [0, 0.05) is 12.8 Å². The molecular weight excluding hydrogens is 478 g/mol. The van der Waals surface area contributed by atoms with Crippen LogP contribution in [0.4, 0.5) is 0 Å². The zero-order chi connectivity index (χ0) is 28.1. The Bertz CT molecular complexity index is 923. The third kappa shape index (κ3) is 11.4. The predicted molar refractivity (Wildman–Crippen MR) is 139 cm³/mol. The Balaban J connectivity index is 3.05. The molecule has 37 heavy (non-hydrogen) atoms. The number of carbonyl (C=O) groups is 5. The van der Waals surface area contributed by atoms with Gasteiger partial charge in [-0.05, 0) is 30.2 Å². The Labute approximate surface area is 218 Å². The number of nitrogens with one attached hydrogen (secondary N) is 3. The number of carboxylic acids is 1. The minimum Gasteiger partial charge on any atom is -0.480 e. The molecule has 1 aromatic carbocycles. The van der Waals surface area contributed by atoms with Gasteiger partial charge in [-0.15, -0.1) is 0 Å². The normalized spacial score (nSPS) is 15.1. The number of carbonyl (C=O) groups excluding carboxylic acids is 4. The van der Waals surface area contributed by atoms with Crippen molar-refractivity contribution in [2.75, 3.05) is 0 Å². The second kappa shape index (κ2) is 15.6. The molecular formula is C26H41N5O6. The molecule has 1 rings (SSSR count). The second-order valence-electron chi connectivity index (χ2n) is 9.76. The van der Waals surface area contributed by atoms with Gasteiger partial charge >= 0.3 is 5.97 Å². The third-order valence-corrected chi connectivity index (χ3v) is 6.11. The van der Waals surface area contributed by atoms with Crippen LogP contribution in [0.25, 0.3) is 0 Å². The molecule has 4 amide bonds. The monoisotopic (exact) mass is 519 g/mol. The average molecular weight is 520 g/mol. The van der Waals surface area contributed by atoms with E-state index in [-0.39, 0.29) is 37.5 Å². The van der Waals surface area contributed by atoms with Crippen molar-refractivity contribution in [2.45, 2.75) is 84.0 Å². The zero-order valence-corrected chi connectivity index (χ0v) is 22.0. The standard InChI is InChI=1S/C26H41N5O6/c1-5-16(4)22(28)25(35)30-19(13-15(2)3)24(34)29-18(11-12-21(27)32)23(33)31-20(26(36)37)14-17-9-7-6-8-10-17/h6-10,15-16,18-20,22H,5,11-14,28H2,1-4H3,(H2,27,32)(H,29,34)(H,30,35)(H,31,33)(H,36,37). The third-order valence-electron chi connectivity index (χ3n) is 6.11. The van der Waals surface area contributed by atoms with Crippen LogP contribution in [0.3, 0.4) is 0 Å². The summed E-state index contributed by atoms with van der Waals surface area (Å²) in [5, 5.41) is 17.3. The number of rotatable bonds is 16. The van der Waals surface area contributed by atoms with Gasteiger partial charge in [0.15, 0.2) is 0 Å². The van der Waals surface area contributed by atoms with Crippen molar-refractivity contribution in [3.63, 3.8) is 0 Å². The maximum Gasteiger partial charge on any atom is 0.326 e. The first-order valence-corrected chi connectivity index (χ1v) is 12.6. The summed E-state index contributed by atoms with van der Waals surface area (Å²) in [6.07, 6.45) is 0.631. The van der Waals surface area contributed by atoms with Gasteiger partial charge in [0.05, 0.1) is 6.04 Å². The molecule has 8 N–H and O–H groups in total. The topological polar surface area (TPSA) is 194 Å². The molecule has 0 spiro atoms. The number of amides is 4. The first-order valence-electron chi connectivity index (χ1n) is 12.6. The van der Waals surface area contributed by atoms with Gasteiger partial charge in [0.2, 0.25) is 23.6 Å². The maximum atomic E-state index is 13.2. The largest absolute Gasteiger partial charge is 0.480 e. The molecule has 0 fully saturated rings. The first kappa shape index (κ1) is 31.6. The molecule has 11 heteroatoms. The van der Waals surface area contributed by atoms with Crippen molar-refractivity contribution in [3.05, 3.63) is 35.9 Å². The number of nitrogens with two attached hydrogens (primary N) is 2.